The first-order valence-electron chi connectivity index (χ1n) is 13.3. The van der Waals surface area contributed by atoms with Crippen LogP contribution < -0.4 is 15.0 Å². The Morgan fingerprint density at radius 3 is 2.26 bits per heavy atom. The fourth-order valence-corrected chi connectivity index (χ4v) is 5.42. The SMILES string of the molecule is Cc1ccccc1Oc1ccc(N2C(=S)N[C@@H](c3ccccn3)[C@@H]2c2ccc(-c3cc(C(=O)O)cc(C(=O)O)c3)o2)cc1. The van der Waals surface area contributed by atoms with Crippen molar-refractivity contribution in [3.63, 3.8) is 0 Å². The van der Waals surface area contributed by atoms with Crippen LogP contribution in [0.5, 0.6) is 11.5 Å². The number of furan rings is 1. The van der Waals surface area contributed by atoms with Crippen molar-refractivity contribution < 1.29 is 29.0 Å². The van der Waals surface area contributed by atoms with Crippen LogP contribution in [0, 0.1) is 6.92 Å². The van der Waals surface area contributed by atoms with Gasteiger partial charge in [-0.2, -0.15) is 0 Å². The number of aromatic nitrogens is 1. The summed E-state index contributed by atoms with van der Waals surface area (Å²) < 4.78 is 12.4. The van der Waals surface area contributed by atoms with Gasteiger partial charge in [0.15, 0.2) is 5.11 Å². The number of anilines is 1. The lowest BCUT2D eigenvalue weighted by Crippen LogP contribution is -2.29. The van der Waals surface area contributed by atoms with Crippen molar-refractivity contribution in [2.45, 2.75) is 19.0 Å². The van der Waals surface area contributed by atoms with Gasteiger partial charge in [0.1, 0.15) is 29.1 Å². The lowest BCUT2D eigenvalue weighted by molar-refractivity contribution is 0.0696. The number of carbonyl (C=O) groups is 2. The molecule has 0 radical (unpaired) electrons. The number of thiocarbonyl (C=S) groups is 1. The van der Waals surface area contributed by atoms with Crippen LogP contribution in [0.3, 0.4) is 0 Å². The molecule has 6 rings (SSSR count). The average molecular weight is 592 g/mol. The molecule has 3 aromatic carbocycles. The Morgan fingerprint density at radius 1 is 0.907 bits per heavy atom. The predicted molar refractivity (Wildman–Crippen MR) is 164 cm³/mol. The van der Waals surface area contributed by atoms with Crippen LogP contribution in [-0.4, -0.2) is 32.2 Å². The second kappa shape index (κ2) is 11.4. The molecule has 0 saturated carbocycles. The molecule has 43 heavy (non-hydrogen) atoms. The molecule has 1 saturated heterocycles. The van der Waals surface area contributed by atoms with E-state index in [2.05, 4.69) is 10.3 Å². The van der Waals surface area contributed by atoms with Gasteiger partial charge in [0, 0.05) is 17.4 Å². The van der Waals surface area contributed by atoms with E-state index in [1.165, 1.54) is 12.1 Å². The van der Waals surface area contributed by atoms with Gasteiger partial charge in [-0.25, -0.2) is 9.59 Å². The van der Waals surface area contributed by atoms with Crippen LogP contribution >= 0.6 is 12.2 Å². The number of rotatable bonds is 8. The first-order chi connectivity index (χ1) is 20.8. The maximum Gasteiger partial charge on any atom is 0.335 e. The van der Waals surface area contributed by atoms with Crippen molar-refractivity contribution in [2.24, 2.45) is 0 Å². The molecule has 0 spiro atoms. The summed E-state index contributed by atoms with van der Waals surface area (Å²) in [6, 6.07) is 27.5. The van der Waals surface area contributed by atoms with Gasteiger partial charge in [-0.1, -0.05) is 24.3 Å². The largest absolute Gasteiger partial charge is 0.478 e. The van der Waals surface area contributed by atoms with Crippen molar-refractivity contribution in [1.82, 2.24) is 10.3 Å². The lowest BCUT2D eigenvalue weighted by Gasteiger charge is -2.26. The summed E-state index contributed by atoms with van der Waals surface area (Å²) in [4.78, 5) is 29.9. The van der Waals surface area contributed by atoms with Crippen LogP contribution in [0.4, 0.5) is 5.69 Å². The second-order valence-electron chi connectivity index (χ2n) is 9.97. The van der Waals surface area contributed by atoms with Gasteiger partial charge in [-0.3, -0.25) is 4.98 Å². The molecular formula is C33H25N3O6S. The van der Waals surface area contributed by atoms with E-state index in [-0.39, 0.29) is 17.2 Å². The highest BCUT2D eigenvalue weighted by Gasteiger charge is 2.42. The van der Waals surface area contributed by atoms with Crippen LogP contribution in [0.1, 0.15) is 49.8 Å². The quantitative estimate of drug-likeness (QED) is 0.162. The zero-order chi connectivity index (χ0) is 30.1. The third kappa shape index (κ3) is 5.55. The predicted octanol–water partition coefficient (Wildman–Crippen LogP) is 7.02. The Morgan fingerprint density at radius 2 is 1.60 bits per heavy atom. The van der Waals surface area contributed by atoms with E-state index < -0.39 is 18.0 Å². The van der Waals surface area contributed by atoms with Crippen molar-refractivity contribution in [3.05, 3.63) is 131 Å². The minimum atomic E-state index is -1.24. The van der Waals surface area contributed by atoms with Gasteiger partial charge < -0.3 is 29.6 Å². The lowest BCUT2D eigenvalue weighted by atomic mass is 10.0. The van der Waals surface area contributed by atoms with Crippen LogP contribution in [0.2, 0.25) is 0 Å². The minimum Gasteiger partial charge on any atom is -0.478 e. The molecule has 0 bridgehead atoms. The topological polar surface area (TPSA) is 125 Å². The number of hydrogen-bond donors (Lipinski definition) is 3. The van der Waals surface area contributed by atoms with E-state index in [1.54, 1.807) is 18.3 Å². The number of aromatic carboxylic acids is 2. The van der Waals surface area contributed by atoms with Crippen molar-refractivity contribution in [2.75, 3.05) is 4.90 Å². The normalized spacial score (nSPS) is 16.1. The highest BCUT2D eigenvalue weighted by atomic mass is 32.1. The summed E-state index contributed by atoms with van der Waals surface area (Å²) in [5, 5.41) is 22.9. The van der Waals surface area contributed by atoms with Gasteiger partial charge in [0.05, 0.1) is 22.9 Å². The molecule has 0 amide bonds. The van der Waals surface area contributed by atoms with Crippen molar-refractivity contribution >= 4 is 35.0 Å². The summed E-state index contributed by atoms with van der Waals surface area (Å²) in [6.45, 7) is 1.98. The molecule has 2 atom stereocenters. The smallest absolute Gasteiger partial charge is 0.335 e. The highest BCUT2D eigenvalue weighted by molar-refractivity contribution is 7.80. The van der Waals surface area contributed by atoms with Crippen LogP contribution in [0.25, 0.3) is 11.3 Å². The Balaban J connectivity index is 1.38. The van der Waals surface area contributed by atoms with Crippen molar-refractivity contribution in [1.29, 1.82) is 0 Å². The molecule has 9 nitrogen and oxygen atoms in total. The van der Waals surface area contributed by atoms with Crippen LogP contribution in [-0.2, 0) is 0 Å². The number of nitrogens with one attached hydrogen (secondary N) is 1. The molecule has 1 aliphatic heterocycles. The molecule has 2 aromatic heterocycles. The summed E-state index contributed by atoms with van der Waals surface area (Å²) in [5.74, 6) is -0.198. The third-order valence-electron chi connectivity index (χ3n) is 7.16. The van der Waals surface area contributed by atoms with E-state index in [0.29, 0.717) is 27.9 Å². The fourth-order valence-electron chi connectivity index (χ4n) is 5.08. The number of carboxylic acids is 2. The fraction of sp³-hybridized carbons (Fsp3) is 0.0909. The van der Waals surface area contributed by atoms with E-state index in [9.17, 15) is 19.8 Å². The molecular weight excluding hydrogens is 566 g/mol. The molecule has 3 heterocycles. The second-order valence-corrected chi connectivity index (χ2v) is 10.4. The molecule has 5 aromatic rings. The zero-order valence-corrected chi connectivity index (χ0v) is 23.6. The summed E-state index contributed by atoms with van der Waals surface area (Å²) >= 11 is 5.81. The van der Waals surface area contributed by atoms with Gasteiger partial charge in [0.2, 0.25) is 0 Å². The maximum absolute atomic E-state index is 11.7. The number of pyridine rings is 1. The third-order valence-corrected chi connectivity index (χ3v) is 7.48. The number of nitrogens with zero attached hydrogens (tertiary/aromatic N) is 2. The molecule has 214 valence electrons. The summed E-state index contributed by atoms with van der Waals surface area (Å²) in [5.41, 5.74) is 2.58. The van der Waals surface area contributed by atoms with Gasteiger partial charge in [-0.15, -0.1) is 0 Å². The van der Waals surface area contributed by atoms with Gasteiger partial charge in [-0.05, 0) is 97.5 Å². The first-order valence-corrected chi connectivity index (χ1v) is 13.8. The van der Waals surface area contributed by atoms with E-state index >= 15 is 0 Å². The standard InChI is InChI=1S/C33H25N3O6S/c1-19-6-2-3-8-26(19)41-24-11-9-23(10-12-24)36-30(29(35-33(36)43)25-7-4-5-15-34-25)28-14-13-27(42-28)20-16-21(31(37)38)18-22(17-20)32(39)40/h2-18,29-30H,1H3,(H,35,43)(H,37,38)(H,39,40)/t29-,30-/m0/s1. The Labute approximate surface area is 252 Å². The molecule has 3 N–H and O–H groups in total. The average Bonchev–Trinajstić information content (AvgIpc) is 3.64. The zero-order valence-electron chi connectivity index (χ0n) is 22.8. The number of carboxylic acid groups (broad SMARTS) is 2. The van der Waals surface area contributed by atoms with E-state index in [0.717, 1.165) is 28.8 Å². The molecule has 1 aliphatic rings. The van der Waals surface area contributed by atoms with Gasteiger partial charge >= 0.3 is 11.9 Å². The summed E-state index contributed by atoms with van der Waals surface area (Å²) in [6.07, 6.45) is 1.70. The highest BCUT2D eigenvalue weighted by Crippen LogP contribution is 2.43. The Bertz CT molecular complexity index is 1810. The monoisotopic (exact) mass is 591 g/mol. The number of benzene rings is 3. The minimum absolute atomic E-state index is 0.155. The van der Waals surface area contributed by atoms with E-state index in [1.807, 2.05) is 78.6 Å². The number of aryl methyl sites for hydroxylation is 1. The number of para-hydroxylation sites is 1. The van der Waals surface area contributed by atoms with E-state index in [4.69, 9.17) is 21.4 Å². The van der Waals surface area contributed by atoms with Crippen molar-refractivity contribution in [3.8, 4) is 22.8 Å². The number of ether oxygens (including phenoxy) is 1. The van der Waals surface area contributed by atoms with Gasteiger partial charge in [0.25, 0.3) is 0 Å². The molecule has 0 unspecified atom stereocenters. The first kappa shape index (κ1) is 27.7. The number of hydrogen-bond acceptors (Lipinski definition) is 6. The molecule has 1 fully saturated rings. The summed E-state index contributed by atoms with van der Waals surface area (Å²) in [7, 11) is 0. The van der Waals surface area contributed by atoms with Crippen LogP contribution in [0.15, 0.2) is 108 Å². The Hall–Kier alpha value is -5.48. The maximum atomic E-state index is 11.7. The molecule has 0 aliphatic carbocycles. The Kier molecular flexibility index (Phi) is 7.35. The molecule has 10 heteroatoms.